The highest BCUT2D eigenvalue weighted by atomic mass is 16.2. The zero-order valence-electron chi connectivity index (χ0n) is 15.9. The molecule has 0 bridgehead atoms. The number of hydrogen-bond acceptors (Lipinski definition) is 4. The number of hydrogen-bond donors (Lipinski definition) is 0. The van der Waals surface area contributed by atoms with Gasteiger partial charge in [-0.15, -0.1) is 0 Å². The Balaban J connectivity index is 2.00. The molecule has 0 spiro atoms. The first kappa shape index (κ1) is 17.1. The molecule has 0 saturated heterocycles. The van der Waals surface area contributed by atoms with Crippen LogP contribution in [0.3, 0.4) is 0 Å². The van der Waals surface area contributed by atoms with E-state index in [4.69, 9.17) is 4.98 Å². The second-order valence-corrected chi connectivity index (χ2v) is 6.88. The number of imidazole rings is 1. The summed E-state index contributed by atoms with van der Waals surface area (Å²) in [7, 11) is 3.08. The molecule has 3 heterocycles. The minimum atomic E-state index is -0.421. The molecule has 3 aromatic heterocycles. The van der Waals surface area contributed by atoms with Gasteiger partial charge in [-0.05, 0) is 11.6 Å². The van der Waals surface area contributed by atoms with E-state index in [9.17, 15) is 9.59 Å². The summed E-state index contributed by atoms with van der Waals surface area (Å²) < 4.78 is 4.21. The Kier molecular flexibility index (Phi) is 3.70. The van der Waals surface area contributed by atoms with Crippen molar-refractivity contribution >= 4 is 16.9 Å². The fourth-order valence-electron chi connectivity index (χ4n) is 3.60. The van der Waals surface area contributed by atoms with Gasteiger partial charge in [0, 0.05) is 19.7 Å². The maximum Gasteiger partial charge on any atom is 0.332 e. The third-order valence-corrected chi connectivity index (χ3v) is 5.11. The van der Waals surface area contributed by atoms with Crippen LogP contribution in [-0.4, -0.2) is 23.5 Å². The van der Waals surface area contributed by atoms with Gasteiger partial charge in [-0.3, -0.25) is 18.3 Å². The highest BCUT2D eigenvalue weighted by Gasteiger charge is 2.20. The van der Waals surface area contributed by atoms with Crippen molar-refractivity contribution in [3.8, 4) is 22.5 Å². The first-order valence-electron chi connectivity index (χ1n) is 9.16. The summed E-state index contributed by atoms with van der Waals surface area (Å²) in [5, 5.41) is 0. The molecule has 0 unspecified atom stereocenters. The lowest BCUT2D eigenvalue weighted by Gasteiger charge is -2.10. The van der Waals surface area contributed by atoms with E-state index in [-0.39, 0.29) is 0 Å². The average Bonchev–Trinajstić information content (AvgIpc) is 3.16. The third-order valence-electron chi connectivity index (χ3n) is 5.11. The van der Waals surface area contributed by atoms with Gasteiger partial charge in [0.25, 0.3) is 5.56 Å². The van der Waals surface area contributed by atoms with E-state index in [0.717, 1.165) is 27.1 Å². The molecular formula is C22H17N5O2. The van der Waals surface area contributed by atoms with Gasteiger partial charge in [-0.2, -0.15) is 4.98 Å². The highest BCUT2D eigenvalue weighted by Crippen LogP contribution is 2.28. The summed E-state index contributed by atoms with van der Waals surface area (Å²) in [5.41, 5.74) is 3.22. The van der Waals surface area contributed by atoms with Crippen molar-refractivity contribution < 1.29 is 0 Å². The van der Waals surface area contributed by atoms with Crippen LogP contribution >= 0.6 is 0 Å². The van der Waals surface area contributed by atoms with Crippen LogP contribution in [0, 0.1) is 0 Å². The first-order valence-corrected chi connectivity index (χ1v) is 9.16. The van der Waals surface area contributed by atoms with Crippen LogP contribution in [0.2, 0.25) is 0 Å². The fourth-order valence-corrected chi connectivity index (χ4v) is 3.60. The third kappa shape index (κ3) is 2.51. The maximum atomic E-state index is 13.0. The predicted molar refractivity (Wildman–Crippen MR) is 112 cm³/mol. The lowest BCUT2D eigenvalue weighted by molar-refractivity contribution is 0.708. The van der Waals surface area contributed by atoms with Crippen LogP contribution in [0.5, 0.6) is 0 Å². The SMILES string of the molecule is Cn1c(=O)c2c(nc3nc(-c4ccccc4)cc(-c4ccccc4)n32)n(C)c1=O. The summed E-state index contributed by atoms with van der Waals surface area (Å²) in [5.74, 6) is 0.374. The molecule has 0 fully saturated rings. The first-order chi connectivity index (χ1) is 14.1. The van der Waals surface area contributed by atoms with Crippen molar-refractivity contribution in [3.63, 3.8) is 0 Å². The quantitative estimate of drug-likeness (QED) is 0.470. The van der Waals surface area contributed by atoms with Crippen LogP contribution in [0.15, 0.2) is 76.3 Å². The molecule has 5 rings (SSSR count). The second-order valence-electron chi connectivity index (χ2n) is 6.88. The molecule has 5 aromatic rings. The summed E-state index contributed by atoms with van der Waals surface area (Å²) in [6, 6.07) is 21.5. The molecule has 0 amide bonds. The monoisotopic (exact) mass is 383 g/mol. The molecule has 2 aromatic carbocycles. The van der Waals surface area contributed by atoms with Gasteiger partial charge in [-0.25, -0.2) is 9.78 Å². The standard InChI is InChI=1S/C22H17N5O2/c1-25-19-18(20(28)26(2)22(25)29)27-17(15-11-7-4-8-12-15)13-16(23-21(27)24-19)14-9-5-3-6-10-14/h3-13H,1-2H3. The molecule has 7 heteroatoms. The van der Waals surface area contributed by atoms with Crippen LogP contribution in [0.4, 0.5) is 0 Å². The van der Waals surface area contributed by atoms with Crippen LogP contribution in [-0.2, 0) is 14.1 Å². The van der Waals surface area contributed by atoms with E-state index in [1.165, 1.54) is 11.6 Å². The van der Waals surface area contributed by atoms with Gasteiger partial charge in [0.2, 0.25) is 5.78 Å². The number of benzene rings is 2. The minimum Gasteiger partial charge on any atom is -0.279 e. The minimum absolute atomic E-state index is 0.313. The number of nitrogens with zero attached hydrogens (tertiary/aromatic N) is 5. The zero-order chi connectivity index (χ0) is 20.1. The predicted octanol–water partition coefficient (Wildman–Crippen LogP) is 2.61. The number of aromatic nitrogens is 5. The van der Waals surface area contributed by atoms with E-state index >= 15 is 0 Å². The van der Waals surface area contributed by atoms with Crippen molar-refractivity contribution in [2.75, 3.05) is 0 Å². The topological polar surface area (TPSA) is 74.2 Å². The molecule has 0 radical (unpaired) electrons. The van der Waals surface area contributed by atoms with Crippen molar-refractivity contribution in [2.24, 2.45) is 14.1 Å². The lowest BCUT2D eigenvalue weighted by atomic mass is 10.1. The number of rotatable bonds is 2. The van der Waals surface area contributed by atoms with Gasteiger partial charge >= 0.3 is 5.69 Å². The lowest BCUT2D eigenvalue weighted by Crippen LogP contribution is -2.37. The second kappa shape index (κ2) is 6.27. The zero-order valence-corrected chi connectivity index (χ0v) is 15.9. The summed E-state index contributed by atoms with van der Waals surface area (Å²) in [6.07, 6.45) is 0. The Morgan fingerprint density at radius 1 is 0.759 bits per heavy atom. The Morgan fingerprint density at radius 2 is 1.38 bits per heavy atom. The van der Waals surface area contributed by atoms with Crippen molar-refractivity contribution in [3.05, 3.63) is 87.6 Å². The normalized spacial score (nSPS) is 11.4. The van der Waals surface area contributed by atoms with Gasteiger partial charge < -0.3 is 0 Å². The summed E-state index contributed by atoms with van der Waals surface area (Å²) >= 11 is 0. The summed E-state index contributed by atoms with van der Waals surface area (Å²) in [4.78, 5) is 34.6. The Labute approximate surface area is 165 Å². The molecule has 7 nitrogen and oxygen atoms in total. The van der Waals surface area contributed by atoms with E-state index < -0.39 is 11.2 Å². The molecule has 142 valence electrons. The van der Waals surface area contributed by atoms with E-state index in [1.54, 1.807) is 11.4 Å². The Bertz CT molecular complexity index is 1500. The van der Waals surface area contributed by atoms with Crippen molar-refractivity contribution in [2.45, 2.75) is 0 Å². The van der Waals surface area contributed by atoms with Gasteiger partial charge in [-0.1, -0.05) is 60.7 Å². The molecule has 0 atom stereocenters. The average molecular weight is 383 g/mol. The summed E-state index contributed by atoms with van der Waals surface area (Å²) in [6.45, 7) is 0. The van der Waals surface area contributed by atoms with Gasteiger partial charge in [0.1, 0.15) is 0 Å². The Hall–Kier alpha value is -4.00. The molecule has 29 heavy (non-hydrogen) atoms. The number of aryl methyl sites for hydroxylation is 1. The fraction of sp³-hybridized carbons (Fsp3) is 0.0909. The van der Waals surface area contributed by atoms with Crippen molar-refractivity contribution in [1.29, 1.82) is 0 Å². The molecular weight excluding hydrogens is 366 g/mol. The van der Waals surface area contributed by atoms with Crippen LogP contribution in [0.25, 0.3) is 39.5 Å². The van der Waals surface area contributed by atoms with Gasteiger partial charge in [0.05, 0.1) is 11.4 Å². The van der Waals surface area contributed by atoms with E-state index in [2.05, 4.69) is 4.98 Å². The van der Waals surface area contributed by atoms with Crippen molar-refractivity contribution in [1.82, 2.24) is 23.5 Å². The smallest absolute Gasteiger partial charge is 0.279 e. The molecule has 0 aliphatic rings. The molecule has 0 saturated carbocycles. The van der Waals surface area contributed by atoms with Crippen LogP contribution in [0.1, 0.15) is 0 Å². The van der Waals surface area contributed by atoms with Crippen LogP contribution < -0.4 is 11.2 Å². The molecule has 0 N–H and O–H groups in total. The van der Waals surface area contributed by atoms with Gasteiger partial charge in [0.15, 0.2) is 11.2 Å². The number of fused-ring (bicyclic) bond motifs is 3. The maximum absolute atomic E-state index is 13.0. The molecule has 0 aliphatic heterocycles. The van der Waals surface area contributed by atoms with E-state index in [1.807, 2.05) is 66.7 Å². The Morgan fingerprint density at radius 3 is 2.03 bits per heavy atom. The largest absolute Gasteiger partial charge is 0.332 e. The molecule has 0 aliphatic carbocycles. The van der Waals surface area contributed by atoms with E-state index in [0.29, 0.717) is 16.9 Å². The highest BCUT2D eigenvalue weighted by molar-refractivity contribution is 5.81.